The largest absolute Gasteiger partial charge is 0.513 e. The van der Waals surface area contributed by atoms with Crippen molar-refractivity contribution in [3.8, 4) is 0 Å². The van der Waals surface area contributed by atoms with Gasteiger partial charge in [-0.15, -0.1) is 0 Å². The third kappa shape index (κ3) is 3.68. The van der Waals surface area contributed by atoms with Crippen LogP contribution in [-0.2, 0) is 25.2 Å². The van der Waals surface area contributed by atoms with Crippen molar-refractivity contribution >= 4 is 12.1 Å². The Morgan fingerprint density at radius 3 is 2.59 bits per heavy atom. The zero-order valence-corrected chi connectivity index (χ0v) is 16.1. The molecule has 1 atom stereocenters. The molecule has 3 rings (SSSR count). The van der Waals surface area contributed by atoms with Gasteiger partial charge in [0.25, 0.3) is 0 Å². The van der Waals surface area contributed by atoms with E-state index in [1.54, 1.807) is 18.7 Å². The van der Waals surface area contributed by atoms with E-state index >= 15 is 0 Å². The molecule has 0 saturated carbocycles. The van der Waals surface area contributed by atoms with Crippen molar-refractivity contribution in [2.24, 2.45) is 0 Å². The number of carbonyl (C=O) groups excluding carboxylic acids is 2. The SMILES string of the molecule is CCOC(=O)OC1=C(C)N(CC)C2=C(C(=O)OC2)C1c1ccccc1C(F)(F)F. The fourth-order valence-corrected chi connectivity index (χ4v) is 3.69. The highest BCUT2D eigenvalue weighted by Crippen LogP contribution is 2.48. The topological polar surface area (TPSA) is 65.1 Å². The number of alkyl halides is 3. The molecule has 6 nitrogen and oxygen atoms in total. The van der Waals surface area contributed by atoms with Gasteiger partial charge in [-0.2, -0.15) is 13.2 Å². The minimum absolute atomic E-state index is 0.0302. The highest BCUT2D eigenvalue weighted by Gasteiger charge is 2.46. The van der Waals surface area contributed by atoms with E-state index in [1.165, 1.54) is 18.2 Å². The Morgan fingerprint density at radius 1 is 1.28 bits per heavy atom. The van der Waals surface area contributed by atoms with Crippen LogP contribution in [0.3, 0.4) is 0 Å². The lowest BCUT2D eigenvalue weighted by molar-refractivity contribution is -0.139. The molecule has 156 valence electrons. The summed E-state index contributed by atoms with van der Waals surface area (Å²) in [6.45, 7) is 5.38. The molecule has 2 aliphatic heterocycles. The lowest BCUT2D eigenvalue weighted by Gasteiger charge is -2.35. The highest BCUT2D eigenvalue weighted by atomic mass is 19.4. The normalized spacial score (nSPS) is 19.3. The quantitative estimate of drug-likeness (QED) is 0.687. The molecule has 29 heavy (non-hydrogen) atoms. The lowest BCUT2D eigenvalue weighted by Crippen LogP contribution is -2.33. The van der Waals surface area contributed by atoms with Crippen LogP contribution >= 0.6 is 0 Å². The first kappa shape index (κ1) is 20.8. The Bertz CT molecular complexity index is 904. The second kappa shape index (κ2) is 7.81. The number of esters is 1. The summed E-state index contributed by atoms with van der Waals surface area (Å²) in [7, 11) is 0. The van der Waals surface area contributed by atoms with Gasteiger partial charge in [0.15, 0.2) is 0 Å². The number of benzene rings is 1. The van der Waals surface area contributed by atoms with Crippen LogP contribution in [-0.4, -0.2) is 36.8 Å². The molecule has 0 spiro atoms. The Hall–Kier alpha value is -2.97. The van der Waals surface area contributed by atoms with Gasteiger partial charge in [-0.25, -0.2) is 9.59 Å². The van der Waals surface area contributed by atoms with E-state index in [0.29, 0.717) is 17.9 Å². The number of hydrogen-bond donors (Lipinski definition) is 0. The molecule has 9 heteroatoms. The predicted octanol–water partition coefficient (Wildman–Crippen LogP) is 4.34. The number of rotatable bonds is 4. The van der Waals surface area contributed by atoms with Crippen molar-refractivity contribution in [3.05, 3.63) is 58.1 Å². The molecule has 0 N–H and O–H groups in total. The smallest absolute Gasteiger partial charge is 0.456 e. The summed E-state index contributed by atoms with van der Waals surface area (Å²) in [5.74, 6) is -2.07. The number of likely N-dealkylation sites (N-methyl/N-ethyl adjacent to an activating group) is 1. The summed E-state index contributed by atoms with van der Waals surface area (Å²) in [5.41, 5.74) is -0.193. The van der Waals surface area contributed by atoms with Crippen molar-refractivity contribution in [1.82, 2.24) is 4.90 Å². The number of halogens is 3. The van der Waals surface area contributed by atoms with Crippen LogP contribution in [0.1, 0.15) is 37.8 Å². The van der Waals surface area contributed by atoms with Crippen LogP contribution in [0.2, 0.25) is 0 Å². The standard InChI is InChI=1S/C20H20F3NO5/c1-4-24-11(3)17(29-19(26)27-5-2)15(16-14(24)10-28-18(16)25)12-8-6-7-9-13(12)20(21,22)23/h6-9,15H,4-5,10H2,1-3H3. The van der Waals surface area contributed by atoms with Gasteiger partial charge in [-0.05, 0) is 32.4 Å². The van der Waals surface area contributed by atoms with Crippen molar-refractivity contribution in [1.29, 1.82) is 0 Å². The Morgan fingerprint density at radius 2 is 1.97 bits per heavy atom. The molecule has 0 saturated heterocycles. The third-order valence-electron chi connectivity index (χ3n) is 4.86. The van der Waals surface area contributed by atoms with Gasteiger partial charge in [0, 0.05) is 6.54 Å². The van der Waals surface area contributed by atoms with E-state index < -0.39 is 29.8 Å². The number of hydrogen-bond acceptors (Lipinski definition) is 6. The minimum atomic E-state index is -4.66. The van der Waals surface area contributed by atoms with Crippen LogP contribution in [0.15, 0.2) is 47.0 Å². The molecule has 2 heterocycles. The molecule has 1 aromatic rings. The second-order valence-corrected chi connectivity index (χ2v) is 6.43. The molecule has 1 unspecified atom stereocenters. The molecule has 1 aromatic carbocycles. The van der Waals surface area contributed by atoms with Crippen LogP contribution in [0, 0.1) is 0 Å². The number of allylic oxidation sites excluding steroid dienone is 2. The first-order valence-corrected chi connectivity index (χ1v) is 9.09. The van der Waals surface area contributed by atoms with Crippen molar-refractivity contribution in [3.63, 3.8) is 0 Å². The highest BCUT2D eigenvalue weighted by molar-refractivity contribution is 5.95. The van der Waals surface area contributed by atoms with Gasteiger partial charge in [0.1, 0.15) is 12.4 Å². The number of cyclic esters (lactones) is 1. The second-order valence-electron chi connectivity index (χ2n) is 6.43. The molecule has 0 aromatic heterocycles. The molecular weight excluding hydrogens is 391 g/mol. The average molecular weight is 411 g/mol. The number of carbonyl (C=O) groups is 2. The summed E-state index contributed by atoms with van der Waals surface area (Å²) < 4.78 is 56.4. The fourth-order valence-electron chi connectivity index (χ4n) is 3.69. The monoisotopic (exact) mass is 411 g/mol. The van der Waals surface area contributed by atoms with Crippen LogP contribution in [0.5, 0.6) is 0 Å². The lowest BCUT2D eigenvalue weighted by atomic mass is 9.82. The van der Waals surface area contributed by atoms with Gasteiger partial charge in [-0.3, -0.25) is 0 Å². The van der Waals surface area contributed by atoms with Gasteiger partial charge >= 0.3 is 18.3 Å². The number of ether oxygens (including phenoxy) is 3. The molecule has 0 fully saturated rings. The first-order valence-electron chi connectivity index (χ1n) is 9.09. The van der Waals surface area contributed by atoms with Gasteiger partial charge < -0.3 is 19.1 Å². The summed E-state index contributed by atoms with van der Waals surface area (Å²) in [4.78, 5) is 26.2. The van der Waals surface area contributed by atoms with E-state index in [0.717, 1.165) is 6.07 Å². The van der Waals surface area contributed by atoms with E-state index in [4.69, 9.17) is 14.2 Å². The zero-order valence-electron chi connectivity index (χ0n) is 16.1. The summed E-state index contributed by atoms with van der Waals surface area (Å²) in [6, 6.07) is 4.90. The maximum Gasteiger partial charge on any atom is 0.513 e. The Balaban J connectivity index is 2.24. The first-order chi connectivity index (χ1) is 13.7. The zero-order chi connectivity index (χ0) is 21.3. The Kier molecular flexibility index (Phi) is 5.59. The van der Waals surface area contributed by atoms with E-state index in [-0.39, 0.29) is 30.1 Å². The van der Waals surface area contributed by atoms with Crippen LogP contribution in [0.4, 0.5) is 18.0 Å². The fraction of sp³-hybridized carbons (Fsp3) is 0.400. The van der Waals surface area contributed by atoms with Crippen LogP contribution < -0.4 is 0 Å². The van der Waals surface area contributed by atoms with E-state index in [1.807, 2.05) is 6.92 Å². The molecule has 0 bridgehead atoms. The molecular formula is C20H20F3NO5. The summed E-state index contributed by atoms with van der Waals surface area (Å²) >= 11 is 0. The maximum absolute atomic E-state index is 13.7. The van der Waals surface area contributed by atoms with Crippen LogP contribution in [0.25, 0.3) is 0 Å². The average Bonchev–Trinajstić information content (AvgIpc) is 3.03. The van der Waals surface area contributed by atoms with E-state index in [9.17, 15) is 22.8 Å². The van der Waals surface area contributed by atoms with E-state index in [2.05, 4.69) is 0 Å². The molecule has 0 aliphatic carbocycles. The Labute approximate surface area is 165 Å². The van der Waals surface area contributed by atoms with Crippen molar-refractivity contribution in [2.75, 3.05) is 19.8 Å². The molecule has 0 amide bonds. The van der Waals surface area contributed by atoms with Crippen molar-refractivity contribution in [2.45, 2.75) is 32.9 Å². The summed E-state index contributed by atoms with van der Waals surface area (Å²) in [5, 5.41) is 0. The molecule has 0 radical (unpaired) electrons. The predicted molar refractivity (Wildman–Crippen MR) is 95.4 cm³/mol. The maximum atomic E-state index is 13.7. The van der Waals surface area contributed by atoms with Gasteiger partial charge in [0.05, 0.1) is 35.1 Å². The molecule has 2 aliphatic rings. The minimum Gasteiger partial charge on any atom is -0.456 e. The van der Waals surface area contributed by atoms with Gasteiger partial charge in [-0.1, -0.05) is 18.2 Å². The van der Waals surface area contributed by atoms with Crippen molar-refractivity contribution < 1.29 is 37.0 Å². The summed E-state index contributed by atoms with van der Waals surface area (Å²) in [6.07, 6.45) is -5.72. The third-order valence-corrected chi connectivity index (χ3v) is 4.86. The number of nitrogens with zero attached hydrogens (tertiary/aromatic N) is 1. The van der Waals surface area contributed by atoms with Gasteiger partial charge in [0.2, 0.25) is 0 Å².